The first-order valence-corrected chi connectivity index (χ1v) is 7.69. The van der Waals surface area contributed by atoms with E-state index in [2.05, 4.69) is 11.2 Å². The summed E-state index contributed by atoms with van der Waals surface area (Å²) in [5.74, 6) is 0.770. The third-order valence-corrected chi connectivity index (χ3v) is 3.72. The van der Waals surface area contributed by atoms with Crippen LogP contribution in [0.5, 0.6) is 5.75 Å². The topological polar surface area (TPSA) is 76.9 Å². The van der Waals surface area contributed by atoms with Gasteiger partial charge in [-0.3, -0.25) is 4.68 Å². The van der Waals surface area contributed by atoms with Gasteiger partial charge >= 0.3 is 0 Å². The van der Waals surface area contributed by atoms with E-state index < -0.39 is 0 Å². The van der Waals surface area contributed by atoms with Crippen molar-refractivity contribution in [2.45, 2.75) is 19.7 Å². The quantitative estimate of drug-likeness (QED) is 0.734. The molecule has 6 heteroatoms. The van der Waals surface area contributed by atoms with Crippen molar-refractivity contribution >= 4 is 12.4 Å². The minimum atomic E-state index is 0. The summed E-state index contributed by atoms with van der Waals surface area (Å²) in [5, 5.41) is 12.9. The minimum Gasteiger partial charge on any atom is -0.489 e. The molecule has 2 aromatic carbocycles. The van der Waals surface area contributed by atoms with Crippen molar-refractivity contribution in [2.24, 2.45) is 5.73 Å². The highest BCUT2D eigenvalue weighted by Crippen LogP contribution is 2.27. The fraction of sp³-hybridized carbons (Fsp3) is 0.158. The number of aromatic nitrogens is 2. The summed E-state index contributed by atoms with van der Waals surface area (Å²) >= 11 is 0. The number of nitriles is 1. The molecule has 2 N–H and O–H groups in total. The zero-order chi connectivity index (χ0) is 16.8. The Kier molecular flexibility index (Phi) is 6.58. The van der Waals surface area contributed by atoms with Gasteiger partial charge in [-0.1, -0.05) is 42.5 Å². The summed E-state index contributed by atoms with van der Waals surface area (Å²) < 4.78 is 7.58. The van der Waals surface area contributed by atoms with Gasteiger partial charge in [0.2, 0.25) is 0 Å². The highest BCUT2D eigenvalue weighted by Gasteiger charge is 2.08. The minimum absolute atomic E-state index is 0. The maximum atomic E-state index is 8.75. The summed E-state index contributed by atoms with van der Waals surface area (Å²) in [7, 11) is 0. The van der Waals surface area contributed by atoms with Gasteiger partial charge in [0.25, 0.3) is 0 Å². The number of benzene rings is 2. The van der Waals surface area contributed by atoms with Crippen molar-refractivity contribution in [2.75, 3.05) is 0 Å². The molecule has 5 nitrogen and oxygen atoms in total. The average molecular weight is 355 g/mol. The molecule has 0 spiro atoms. The van der Waals surface area contributed by atoms with Crippen LogP contribution in [0.3, 0.4) is 0 Å². The summed E-state index contributed by atoms with van der Waals surface area (Å²) in [6, 6.07) is 18.0. The molecule has 0 saturated carbocycles. The van der Waals surface area contributed by atoms with Crippen molar-refractivity contribution in [1.29, 1.82) is 5.26 Å². The van der Waals surface area contributed by atoms with Crippen LogP contribution < -0.4 is 10.5 Å². The first-order valence-electron chi connectivity index (χ1n) is 7.69. The average Bonchev–Trinajstić information content (AvgIpc) is 3.09. The van der Waals surface area contributed by atoms with Gasteiger partial charge in [-0.15, -0.1) is 12.4 Å². The van der Waals surface area contributed by atoms with E-state index in [0.29, 0.717) is 13.2 Å². The first kappa shape index (κ1) is 18.5. The number of nitrogens with zero attached hydrogens (tertiary/aromatic N) is 3. The largest absolute Gasteiger partial charge is 0.489 e. The van der Waals surface area contributed by atoms with Gasteiger partial charge in [0.1, 0.15) is 18.9 Å². The maximum Gasteiger partial charge on any atom is 0.128 e. The number of ether oxygens (including phenoxy) is 1. The predicted octanol–water partition coefficient (Wildman–Crippen LogP) is 3.53. The molecule has 3 rings (SSSR count). The molecule has 0 atom stereocenters. The molecule has 0 bridgehead atoms. The van der Waals surface area contributed by atoms with Crippen molar-refractivity contribution in [3.05, 3.63) is 72.1 Å². The van der Waals surface area contributed by atoms with Crippen LogP contribution in [0.1, 0.15) is 11.1 Å². The van der Waals surface area contributed by atoms with Crippen LogP contribution in [0.15, 0.2) is 60.9 Å². The lowest BCUT2D eigenvalue weighted by molar-refractivity contribution is 0.303. The van der Waals surface area contributed by atoms with Crippen LogP contribution >= 0.6 is 12.4 Å². The van der Waals surface area contributed by atoms with Gasteiger partial charge in [-0.2, -0.15) is 10.4 Å². The number of hydrogen-bond acceptors (Lipinski definition) is 4. The van der Waals surface area contributed by atoms with E-state index in [1.165, 1.54) is 0 Å². The van der Waals surface area contributed by atoms with Crippen LogP contribution in [-0.2, 0) is 19.7 Å². The van der Waals surface area contributed by atoms with E-state index in [1.54, 1.807) is 10.9 Å². The Morgan fingerprint density at radius 3 is 2.64 bits per heavy atom. The van der Waals surface area contributed by atoms with Gasteiger partial charge in [0.15, 0.2) is 0 Å². The van der Waals surface area contributed by atoms with Crippen LogP contribution in [0.25, 0.3) is 11.1 Å². The normalized spacial score (nSPS) is 9.92. The van der Waals surface area contributed by atoms with Gasteiger partial charge in [-0.25, -0.2) is 0 Å². The third-order valence-electron chi connectivity index (χ3n) is 3.72. The lowest BCUT2D eigenvalue weighted by atomic mass is 10.1. The molecule has 25 heavy (non-hydrogen) atoms. The predicted molar refractivity (Wildman–Crippen MR) is 99.2 cm³/mol. The SMILES string of the molecule is Cl.N#CCn1cc(-c2ccc(CN)c(OCc3ccccc3)c2)cn1. The van der Waals surface area contributed by atoms with Crippen molar-refractivity contribution in [3.63, 3.8) is 0 Å². The highest BCUT2D eigenvalue weighted by molar-refractivity contribution is 5.85. The fourth-order valence-electron chi connectivity index (χ4n) is 2.44. The molecule has 0 aliphatic heterocycles. The highest BCUT2D eigenvalue weighted by atomic mass is 35.5. The summed E-state index contributed by atoms with van der Waals surface area (Å²) in [6.45, 7) is 1.14. The second-order valence-corrected chi connectivity index (χ2v) is 5.39. The fourth-order valence-corrected chi connectivity index (χ4v) is 2.44. The lowest BCUT2D eigenvalue weighted by Gasteiger charge is -2.12. The zero-order valence-corrected chi connectivity index (χ0v) is 14.4. The lowest BCUT2D eigenvalue weighted by Crippen LogP contribution is -2.03. The number of halogens is 1. The van der Waals surface area contributed by atoms with E-state index in [-0.39, 0.29) is 19.0 Å². The van der Waals surface area contributed by atoms with Crippen molar-refractivity contribution in [3.8, 4) is 22.9 Å². The second-order valence-electron chi connectivity index (χ2n) is 5.39. The third kappa shape index (κ3) is 4.60. The van der Waals surface area contributed by atoms with Gasteiger partial charge in [-0.05, 0) is 17.2 Å². The van der Waals surface area contributed by atoms with Gasteiger partial charge in [0.05, 0.1) is 12.3 Å². The molecule has 3 aromatic rings. The summed E-state index contributed by atoms with van der Waals surface area (Å²) in [5.41, 5.74) is 9.81. The van der Waals surface area contributed by atoms with Crippen molar-refractivity contribution < 1.29 is 4.74 Å². The van der Waals surface area contributed by atoms with E-state index in [0.717, 1.165) is 28.0 Å². The molecule has 0 radical (unpaired) electrons. The Morgan fingerprint density at radius 1 is 1.12 bits per heavy atom. The van der Waals surface area contributed by atoms with Crippen LogP contribution in [0, 0.1) is 11.3 Å². The smallest absolute Gasteiger partial charge is 0.128 e. The molecule has 1 aromatic heterocycles. The van der Waals surface area contributed by atoms with Gasteiger partial charge in [0, 0.05) is 23.9 Å². The van der Waals surface area contributed by atoms with Crippen LogP contribution in [0.2, 0.25) is 0 Å². The van der Waals surface area contributed by atoms with E-state index in [4.69, 9.17) is 15.7 Å². The Balaban J connectivity index is 0.00000225. The van der Waals surface area contributed by atoms with Crippen molar-refractivity contribution in [1.82, 2.24) is 9.78 Å². The Hall–Kier alpha value is -2.81. The maximum absolute atomic E-state index is 8.75. The number of hydrogen-bond donors (Lipinski definition) is 1. The Labute approximate surface area is 153 Å². The summed E-state index contributed by atoms with van der Waals surface area (Å²) in [4.78, 5) is 0. The Morgan fingerprint density at radius 2 is 1.92 bits per heavy atom. The molecular formula is C19H19ClN4O. The van der Waals surface area contributed by atoms with Crippen LogP contribution in [-0.4, -0.2) is 9.78 Å². The summed E-state index contributed by atoms with van der Waals surface area (Å²) in [6.07, 6.45) is 3.59. The number of rotatable bonds is 6. The monoisotopic (exact) mass is 354 g/mol. The first-order chi connectivity index (χ1) is 11.8. The zero-order valence-electron chi connectivity index (χ0n) is 13.6. The number of nitrogens with two attached hydrogens (primary N) is 1. The standard InChI is InChI=1S/C19H18N4O.ClH/c20-8-9-23-13-18(12-22-23)16-6-7-17(11-21)19(10-16)24-14-15-4-2-1-3-5-15;/h1-7,10,12-13H,9,11,14,21H2;1H. The molecule has 128 valence electrons. The van der Waals surface area contributed by atoms with Crippen LogP contribution in [0.4, 0.5) is 0 Å². The molecule has 1 heterocycles. The molecule has 0 aliphatic rings. The van der Waals surface area contributed by atoms with Gasteiger partial charge < -0.3 is 10.5 Å². The van der Waals surface area contributed by atoms with E-state index >= 15 is 0 Å². The molecule has 0 aliphatic carbocycles. The molecular weight excluding hydrogens is 336 g/mol. The Bertz CT molecular complexity index is 855. The molecule has 0 saturated heterocycles. The van der Waals surface area contributed by atoms with E-state index in [9.17, 15) is 0 Å². The molecule has 0 fully saturated rings. The molecule has 0 amide bonds. The molecule has 0 unspecified atom stereocenters. The van der Waals surface area contributed by atoms with E-state index in [1.807, 2.05) is 54.7 Å². The second kappa shape index (κ2) is 8.88.